The predicted molar refractivity (Wildman–Crippen MR) is 31.3 cm³/mol. The van der Waals surface area contributed by atoms with Crippen LogP contribution in [0.1, 0.15) is 0 Å². The Bertz CT molecular complexity index is 145. The number of rotatable bonds is 0. The predicted octanol–water partition coefficient (Wildman–Crippen LogP) is 1.83. The first kappa shape index (κ1) is 5.12. The van der Waals surface area contributed by atoms with Crippen molar-refractivity contribution in [3.8, 4) is 0 Å². The minimum Gasteiger partial charge on any atom is -0.283 e. The molecule has 0 bridgehead atoms. The molecule has 1 rings (SSSR count). The van der Waals surface area contributed by atoms with Gasteiger partial charge in [-0.15, -0.1) is 0 Å². The number of hydrogen-bond acceptors (Lipinski definition) is 1. The van der Waals surface area contributed by atoms with Crippen molar-refractivity contribution < 1.29 is 0 Å². The van der Waals surface area contributed by atoms with Gasteiger partial charge >= 0.3 is 0 Å². The molecule has 1 aromatic rings. The highest BCUT2D eigenvalue weighted by atomic mass is 79.9. The molecule has 0 aliphatic rings. The Hall–Kier alpha value is -0.0200. The van der Waals surface area contributed by atoms with Crippen LogP contribution in [0.3, 0.4) is 0 Å². The van der Waals surface area contributed by atoms with E-state index in [4.69, 9.17) is 11.6 Å². The summed E-state index contributed by atoms with van der Waals surface area (Å²) in [4.78, 5) is 0. The maximum atomic E-state index is 5.43. The van der Waals surface area contributed by atoms with Crippen LogP contribution in [-0.4, -0.2) is 10.2 Å². The quantitative estimate of drug-likeness (QED) is 0.650. The molecule has 0 radical (unpaired) electrons. The van der Waals surface area contributed by atoms with Crippen LogP contribution in [0.5, 0.6) is 0 Å². The summed E-state index contributed by atoms with van der Waals surface area (Å²) in [6.07, 6.45) is 1.67. The molecule has 38 valence electrons. The highest BCUT2D eigenvalue weighted by Crippen LogP contribution is 2.16. The Balaban J connectivity index is 3.12. The molecule has 2 nitrogen and oxygen atoms in total. The standard InChI is InChI=1S/C3H2BrClN2/c4-2-1-6-7-3(2)5/h1H,(H,6,7). The first-order valence-electron chi connectivity index (χ1n) is 1.65. The van der Waals surface area contributed by atoms with Gasteiger partial charge in [0.15, 0.2) is 5.15 Å². The van der Waals surface area contributed by atoms with Crippen molar-refractivity contribution in [1.82, 2.24) is 10.2 Å². The number of aromatic nitrogens is 2. The Kier molecular flexibility index (Phi) is 1.35. The topological polar surface area (TPSA) is 28.7 Å². The van der Waals surface area contributed by atoms with Crippen molar-refractivity contribution in [3.05, 3.63) is 15.8 Å². The summed E-state index contributed by atoms with van der Waals surface area (Å²) < 4.78 is 0.800. The molecular formula is C3H2BrClN2. The fourth-order valence-corrected chi connectivity index (χ4v) is 0.553. The minimum atomic E-state index is 0.472. The zero-order chi connectivity index (χ0) is 5.28. The van der Waals surface area contributed by atoms with Gasteiger partial charge in [0.25, 0.3) is 0 Å². The van der Waals surface area contributed by atoms with E-state index in [0.717, 1.165) is 4.47 Å². The molecular weight excluding hydrogens is 179 g/mol. The van der Waals surface area contributed by atoms with Gasteiger partial charge in [-0.2, -0.15) is 5.10 Å². The SMILES string of the molecule is Clc1n[nH]cc1Br. The van der Waals surface area contributed by atoms with Gasteiger partial charge in [-0.1, -0.05) is 11.6 Å². The third kappa shape index (κ3) is 0.951. The summed E-state index contributed by atoms with van der Waals surface area (Å²) >= 11 is 8.57. The van der Waals surface area contributed by atoms with Gasteiger partial charge < -0.3 is 0 Å². The van der Waals surface area contributed by atoms with E-state index in [9.17, 15) is 0 Å². The smallest absolute Gasteiger partial charge is 0.164 e. The molecule has 0 unspecified atom stereocenters. The number of aromatic amines is 1. The lowest BCUT2D eigenvalue weighted by molar-refractivity contribution is 1.09. The zero-order valence-electron chi connectivity index (χ0n) is 3.28. The Morgan fingerprint density at radius 1 is 1.86 bits per heavy atom. The van der Waals surface area contributed by atoms with Gasteiger partial charge in [-0.25, -0.2) is 0 Å². The Morgan fingerprint density at radius 3 is 2.71 bits per heavy atom. The van der Waals surface area contributed by atoms with E-state index in [0.29, 0.717) is 5.15 Å². The van der Waals surface area contributed by atoms with Crippen molar-refractivity contribution in [2.75, 3.05) is 0 Å². The molecule has 1 N–H and O–H groups in total. The number of halogens is 2. The van der Waals surface area contributed by atoms with Crippen LogP contribution in [0.2, 0.25) is 5.15 Å². The first-order valence-corrected chi connectivity index (χ1v) is 2.82. The summed E-state index contributed by atoms with van der Waals surface area (Å²) in [7, 11) is 0. The van der Waals surface area contributed by atoms with Crippen molar-refractivity contribution in [3.63, 3.8) is 0 Å². The molecule has 0 amide bonds. The molecule has 0 fully saturated rings. The van der Waals surface area contributed by atoms with Crippen LogP contribution < -0.4 is 0 Å². The van der Waals surface area contributed by atoms with Crippen LogP contribution in [-0.2, 0) is 0 Å². The van der Waals surface area contributed by atoms with Gasteiger partial charge in [-0.3, -0.25) is 5.10 Å². The summed E-state index contributed by atoms with van der Waals surface area (Å²) in [6, 6.07) is 0. The number of nitrogens with one attached hydrogen (secondary N) is 1. The highest BCUT2D eigenvalue weighted by Gasteiger charge is 1.93. The third-order valence-electron chi connectivity index (χ3n) is 0.551. The van der Waals surface area contributed by atoms with Crippen LogP contribution in [0.25, 0.3) is 0 Å². The molecule has 0 aliphatic carbocycles. The van der Waals surface area contributed by atoms with Crippen molar-refractivity contribution in [1.29, 1.82) is 0 Å². The van der Waals surface area contributed by atoms with Crippen LogP contribution in [0, 0.1) is 0 Å². The van der Waals surface area contributed by atoms with Gasteiger partial charge in [0.2, 0.25) is 0 Å². The molecule has 0 spiro atoms. The average Bonchev–Trinajstić information content (AvgIpc) is 1.91. The van der Waals surface area contributed by atoms with Crippen molar-refractivity contribution in [2.24, 2.45) is 0 Å². The zero-order valence-corrected chi connectivity index (χ0v) is 5.62. The fraction of sp³-hybridized carbons (Fsp3) is 0. The second kappa shape index (κ2) is 1.84. The monoisotopic (exact) mass is 180 g/mol. The second-order valence-corrected chi connectivity index (χ2v) is 2.24. The van der Waals surface area contributed by atoms with Gasteiger partial charge in [0.1, 0.15) is 0 Å². The van der Waals surface area contributed by atoms with Crippen molar-refractivity contribution >= 4 is 27.5 Å². The number of hydrogen-bond donors (Lipinski definition) is 1. The van der Waals surface area contributed by atoms with E-state index >= 15 is 0 Å². The van der Waals surface area contributed by atoms with Crippen molar-refractivity contribution in [2.45, 2.75) is 0 Å². The molecule has 4 heteroatoms. The molecule has 0 aromatic carbocycles. The maximum Gasteiger partial charge on any atom is 0.164 e. The van der Waals surface area contributed by atoms with Crippen LogP contribution in [0.4, 0.5) is 0 Å². The van der Waals surface area contributed by atoms with Gasteiger partial charge in [-0.05, 0) is 15.9 Å². The van der Waals surface area contributed by atoms with E-state index in [1.165, 1.54) is 0 Å². The highest BCUT2D eigenvalue weighted by molar-refractivity contribution is 9.10. The maximum absolute atomic E-state index is 5.43. The summed E-state index contributed by atoms with van der Waals surface area (Å²) in [5.41, 5.74) is 0. The lowest BCUT2D eigenvalue weighted by Crippen LogP contribution is -1.59. The van der Waals surface area contributed by atoms with E-state index in [1.54, 1.807) is 6.20 Å². The summed E-state index contributed by atoms with van der Waals surface area (Å²) in [5, 5.41) is 6.65. The Labute approximate surface area is 54.0 Å². The first-order chi connectivity index (χ1) is 3.30. The third-order valence-corrected chi connectivity index (χ3v) is 1.67. The molecule has 0 saturated carbocycles. The average molecular weight is 181 g/mol. The Morgan fingerprint density at radius 2 is 2.57 bits per heavy atom. The van der Waals surface area contributed by atoms with Gasteiger partial charge in [0.05, 0.1) is 4.47 Å². The molecule has 0 aliphatic heterocycles. The van der Waals surface area contributed by atoms with Crippen LogP contribution in [0.15, 0.2) is 10.7 Å². The van der Waals surface area contributed by atoms with E-state index < -0.39 is 0 Å². The lowest BCUT2D eigenvalue weighted by Gasteiger charge is -1.71. The largest absolute Gasteiger partial charge is 0.283 e. The lowest BCUT2D eigenvalue weighted by atomic mass is 10.8. The van der Waals surface area contributed by atoms with E-state index in [-0.39, 0.29) is 0 Å². The normalized spacial score (nSPS) is 9.43. The second-order valence-electron chi connectivity index (χ2n) is 1.02. The molecule has 7 heavy (non-hydrogen) atoms. The molecule has 1 aromatic heterocycles. The number of nitrogens with zero attached hydrogens (tertiary/aromatic N) is 1. The number of H-pyrrole nitrogens is 1. The van der Waals surface area contributed by atoms with Gasteiger partial charge in [0, 0.05) is 6.20 Å². The summed E-state index contributed by atoms with van der Waals surface area (Å²) in [6.45, 7) is 0. The summed E-state index contributed by atoms with van der Waals surface area (Å²) in [5.74, 6) is 0. The van der Waals surface area contributed by atoms with E-state index in [2.05, 4.69) is 26.1 Å². The van der Waals surface area contributed by atoms with Crippen LogP contribution >= 0.6 is 27.5 Å². The molecule has 0 atom stereocenters. The molecule has 0 saturated heterocycles. The molecule has 1 heterocycles. The van der Waals surface area contributed by atoms with E-state index in [1.807, 2.05) is 0 Å². The fourth-order valence-electron chi connectivity index (χ4n) is 0.259. The minimum absolute atomic E-state index is 0.472.